The SMILES string of the molecule is CC(=O)[O-].CC[NH+](CC)CC.CC[NH+](CC)CC.CN(C)CC(=O)[O-]. The maximum absolute atomic E-state index is 9.66. The number of likely N-dealkylation sites (N-methyl/N-ethyl adjacent to an activating group) is 1. The fourth-order valence-electron chi connectivity index (χ4n) is 1.76. The Hall–Kier alpha value is -1.18. The number of quaternary nitrogens is 2. The molecule has 0 aliphatic heterocycles. The molecule has 0 spiro atoms. The van der Waals surface area contributed by atoms with Crippen molar-refractivity contribution < 1.29 is 29.6 Å². The summed E-state index contributed by atoms with van der Waals surface area (Å²) in [5, 5.41) is 18.5. The number of nitrogens with one attached hydrogen (secondary N) is 2. The van der Waals surface area contributed by atoms with Crippen LogP contribution in [0.2, 0.25) is 0 Å². The topological polar surface area (TPSA) is 92.4 Å². The Morgan fingerprint density at radius 2 is 0.920 bits per heavy atom. The number of carbonyl (C=O) groups excluding carboxylic acids is 2. The molecule has 0 saturated carbocycles. The molecule has 0 unspecified atom stereocenters. The molecule has 0 heterocycles. The van der Waals surface area contributed by atoms with Gasteiger partial charge in [-0.25, -0.2) is 0 Å². The van der Waals surface area contributed by atoms with Gasteiger partial charge in [-0.05, 0) is 62.6 Å². The van der Waals surface area contributed by atoms with Crippen LogP contribution in [0.15, 0.2) is 0 Å². The third kappa shape index (κ3) is 45.0. The van der Waals surface area contributed by atoms with E-state index in [0.717, 1.165) is 6.92 Å². The van der Waals surface area contributed by atoms with Crippen LogP contribution in [0.1, 0.15) is 48.5 Å². The zero-order chi connectivity index (χ0) is 20.8. The van der Waals surface area contributed by atoms with Crippen molar-refractivity contribution >= 4 is 11.9 Å². The number of hydrogen-bond donors (Lipinski definition) is 2. The standard InChI is InChI=1S/2C6H15N.C4H9NO2.C2H4O2/c2*1-4-7(5-2)6-3;1-5(2)3-4(6)7;1-2(3)4/h2*4-6H2,1-3H3;3H2,1-2H3,(H,6,7);1H3,(H,3,4). The van der Waals surface area contributed by atoms with Gasteiger partial charge in [0.05, 0.1) is 45.2 Å². The Kier molecular flexibility index (Phi) is 31.7. The van der Waals surface area contributed by atoms with E-state index in [1.54, 1.807) is 23.9 Å². The second-order valence-corrected chi connectivity index (χ2v) is 5.72. The molecule has 0 aromatic carbocycles. The molecule has 7 nitrogen and oxygen atoms in total. The number of rotatable bonds is 8. The van der Waals surface area contributed by atoms with E-state index in [2.05, 4.69) is 41.5 Å². The van der Waals surface area contributed by atoms with Gasteiger partial charge in [0.2, 0.25) is 0 Å². The molecule has 0 fully saturated rings. The molecule has 0 amide bonds. The average Bonchev–Trinajstić information content (AvgIpc) is 2.50. The summed E-state index contributed by atoms with van der Waals surface area (Å²) < 4.78 is 0. The molecular formula is C18H43N3O4. The van der Waals surface area contributed by atoms with Crippen LogP contribution in [-0.2, 0) is 9.59 Å². The zero-order valence-corrected chi connectivity index (χ0v) is 18.0. The number of aliphatic carboxylic acids is 2. The van der Waals surface area contributed by atoms with Crippen molar-refractivity contribution in [2.24, 2.45) is 0 Å². The van der Waals surface area contributed by atoms with Crippen molar-refractivity contribution in [2.75, 3.05) is 59.9 Å². The fourth-order valence-corrected chi connectivity index (χ4v) is 1.76. The van der Waals surface area contributed by atoms with Crippen LogP contribution < -0.4 is 20.0 Å². The highest BCUT2D eigenvalue weighted by Crippen LogP contribution is 1.66. The number of carboxylic acids is 2. The summed E-state index contributed by atoms with van der Waals surface area (Å²) in [6.07, 6.45) is 0. The minimum absolute atomic E-state index is 0. The first kappa shape index (κ1) is 31.6. The lowest BCUT2D eigenvalue weighted by Gasteiger charge is -2.10. The van der Waals surface area contributed by atoms with E-state index in [1.807, 2.05) is 0 Å². The molecule has 0 radical (unpaired) electrons. The van der Waals surface area contributed by atoms with Crippen molar-refractivity contribution in [3.63, 3.8) is 0 Å². The van der Waals surface area contributed by atoms with Crippen molar-refractivity contribution in [2.45, 2.75) is 48.5 Å². The summed E-state index contributed by atoms with van der Waals surface area (Å²) >= 11 is 0. The first-order valence-corrected chi connectivity index (χ1v) is 9.24. The van der Waals surface area contributed by atoms with Crippen LogP contribution in [0.25, 0.3) is 0 Å². The zero-order valence-electron chi connectivity index (χ0n) is 18.0. The Morgan fingerprint density at radius 3 is 0.920 bits per heavy atom. The Morgan fingerprint density at radius 1 is 0.720 bits per heavy atom. The molecule has 0 saturated heterocycles. The number of hydrogen-bond acceptors (Lipinski definition) is 5. The number of carboxylic acid groups (broad SMARTS) is 2. The maximum atomic E-state index is 9.66. The maximum Gasteiger partial charge on any atom is 0.0742 e. The molecule has 0 bridgehead atoms. The van der Waals surface area contributed by atoms with Gasteiger partial charge in [-0.1, -0.05) is 0 Å². The van der Waals surface area contributed by atoms with Crippen LogP contribution in [0.5, 0.6) is 0 Å². The minimum atomic E-state index is -1.08. The summed E-state index contributed by atoms with van der Waals surface area (Å²) in [7, 11) is 3.35. The van der Waals surface area contributed by atoms with E-state index in [9.17, 15) is 9.90 Å². The van der Waals surface area contributed by atoms with Gasteiger partial charge in [-0.15, -0.1) is 0 Å². The third-order valence-electron chi connectivity index (χ3n) is 3.45. The van der Waals surface area contributed by atoms with E-state index >= 15 is 0 Å². The number of nitrogens with zero attached hydrogens (tertiary/aromatic N) is 1. The molecule has 0 aromatic heterocycles. The van der Waals surface area contributed by atoms with Crippen molar-refractivity contribution in [1.29, 1.82) is 0 Å². The van der Waals surface area contributed by atoms with Crippen molar-refractivity contribution in [1.82, 2.24) is 4.90 Å². The molecule has 2 N–H and O–H groups in total. The molecule has 0 atom stereocenters. The lowest BCUT2D eigenvalue weighted by atomic mass is 10.5. The Labute approximate surface area is 155 Å². The van der Waals surface area contributed by atoms with Gasteiger partial charge < -0.3 is 34.5 Å². The fraction of sp³-hybridized carbons (Fsp3) is 0.889. The quantitative estimate of drug-likeness (QED) is 0.476. The predicted molar refractivity (Wildman–Crippen MR) is 99.4 cm³/mol. The van der Waals surface area contributed by atoms with Crippen molar-refractivity contribution in [3.05, 3.63) is 0 Å². The largest absolute Gasteiger partial charge is 0.550 e. The lowest BCUT2D eigenvalue weighted by Crippen LogP contribution is -3.11. The van der Waals surface area contributed by atoms with Gasteiger partial charge in [-0.2, -0.15) is 0 Å². The Bertz CT molecular complexity index is 252. The highest BCUT2D eigenvalue weighted by molar-refractivity contribution is 5.66. The van der Waals surface area contributed by atoms with E-state index in [1.165, 1.54) is 44.2 Å². The molecule has 25 heavy (non-hydrogen) atoms. The summed E-state index contributed by atoms with van der Waals surface area (Å²) in [4.78, 5) is 23.4. The molecule has 0 aliphatic rings. The van der Waals surface area contributed by atoms with E-state index in [4.69, 9.17) is 9.90 Å². The highest BCUT2D eigenvalue weighted by Gasteiger charge is 1.93. The normalized spacial score (nSPS) is 9.44. The molecule has 0 aliphatic carbocycles. The average molecular weight is 366 g/mol. The predicted octanol–water partition coefficient (Wildman–Crippen LogP) is -3.08. The van der Waals surface area contributed by atoms with Crippen LogP contribution in [0.3, 0.4) is 0 Å². The molecule has 7 heteroatoms. The monoisotopic (exact) mass is 365 g/mol. The second kappa shape index (κ2) is 25.1. The van der Waals surface area contributed by atoms with E-state index in [-0.39, 0.29) is 6.54 Å². The van der Waals surface area contributed by atoms with Crippen LogP contribution in [0, 0.1) is 0 Å². The van der Waals surface area contributed by atoms with Crippen molar-refractivity contribution in [3.8, 4) is 0 Å². The molecule has 0 rings (SSSR count). The van der Waals surface area contributed by atoms with Gasteiger partial charge in [0.15, 0.2) is 0 Å². The summed E-state index contributed by atoms with van der Waals surface area (Å²) in [5.74, 6) is -2.12. The van der Waals surface area contributed by atoms with Gasteiger partial charge in [0.25, 0.3) is 0 Å². The molecular weight excluding hydrogens is 322 g/mol. The van der Waals surface area contributed by atoms with Crippen LogP contribution in [0.4, 0.5) is 0 Å². The summed E-state index contributed by atoms with van der Waals surface area (Å²) in [5.41, 5.74) is 0. The Balaban J connectivity index is -0.000000120. The first-order valence-electron chi connectivity index (χ1n) is 9.24. The second-order valence-electron chi connectivity index (χ2n) is 5.72. The van der Waals surface area contributed by atoms with Crippen LogP contribution in [-0.4, -0.2) is 76.7 Å². The lowest BCUT2D eigenvalue weighted by molar-refractivity contribution is -0.894. The number of carbonyl (C=O) groups is 2. The summed E-state index contributed by atoms with van der Waals surface area (Å²) in [6.45, 7) is 21.9. The van der Waals surface area contributed by atoms with Crippen LogP contribution >= 0.6 is 0 Å². The molecule has 0 aromatic rings. The first-order chi connectivity index (χ1) is 11.6. The highest BCUT2D eigenvalue weighted by atomic mass is 16.4. The summed E-state index contributed by atoms with van der Waals surface area (Å²) in [6, 6.07) is 0. The van der Waals surface area contributed by atoms with Gasteiger partial charge in [0.1, 0.15) is 0 Å². The van der Waals surface area contributed by atoms with E-state index < -0.39 is 11.9 Å². The van der Waals surface area contributed by atoms with Gasteiger partial charge in [0, 0.05) is 12.5 Å². The van der Waals surface area contributed by atoms with Gasteiger partial charge in [-0.3, -0.25) is 0 Å². The molecule has 154 valence electrons. The van der Waals surface area contributed by atoms with E-state index in [0.29, 0.717) is 0 Å². The smallest absolute Gasteiger partial charge is 0.0742 e. The van der Waals surface area contributed by atoms with Gasteiger partial charge >= 0.3 is 0 Å². The minimum Gasteiger partial charge on any atom is -0.550 e. The third-order valence-corrected chi connectivity index (χ3v) is 3.45.